The van der Waals surface area contributed by atoms with E-state index in [2.05, 4.69) is 5.32 Å². The van der Waals surface area contributed by atoms with Crippen LogP contribution in [0.15, 0.2) is 71.4 Å². The maximum absolute atomic E-state index is 11.9. The molecule has 3 rings (SSSR count). The van der Waals surface area contributed by atoms with Crippen LogP contribution in [0.1, 0.15) is 11.3 Å². The van der Waals surface area contributed by atoms with Crippen molar-refractivity contribution < 1.29 is 23.8 Å². The van der Waals surface area contributed by atoms with Crippen molar-refractivity contribution >= 4 is 23.4 Å². The van der Waals surface area contributed by atoms with Crippen LogP contribution in [0.25, 0.3) is 6.08 Å². The number of furan rings is 1. The zero-order chi connectivity index (χ0) is 21.5. The van der Waals surface area contributed by atoms with E-state index in [1.54, 1.807) is 42.5 Å². The van der Waals surface area contributed by atoms with E-state index in [1.165, 1.54) is 12.3 Å². The summed E-state index contributed by atoms with van der Waals surface area (Å²) < 4.78 is 10.7. The second-order valence-corrected chi connectivity index (χ2v) is 6.00. The lowest BCUT2D eigenvalue weighted by Crippen LogP contribution is -2.19. The molecule has 0 aliphatic carbocycles. The van der Waals surface area contributed by atoms with Crippen LogP contribution in [-0.2, 0) is 11.3 Å². The largest absolute Gasteiger partial charge is 0.467 e. The number of nitro groups is 2. The molecule has 152 valence electrons. The number of nitrogens with zero attached hydrogens (tertiary/aromatic N) is 2. The fourth-order valence-corrected chi connectivity index (χ4v) is 2.47. The first kappa shape index (κ1) is 20.3. The van der Waals surface area contributed by atoms with Gasteiger partial charge in [-0.15, -0.1) is 0 Å². The topological polar surface area (TPSA) is 138 Å². The lowest BCUT2D eigenvalue weighted by Gasteiger charge is -2.06. The predicted molar refractivity (Wildman–Crippen MR) is 106 cm³/mol. The maximum atomic E-state index is 11.9. The second kappa shape index (κ2) is 9.15. The van der Waals surface area contributed by atoms with Crippen molar-refractivity contribution in [2.24, 2.45) is 0 Å². The molecule has 0 bridgehead atoms. The molecule has 1 N–H and O–H groups in total. The standard InChI is InChI=1S/C20H15N3O7/c24-20(21-13-18-5-2-8-29-18)7-6-14-3-1-4-17(9-14)30-19-11-15(22(25)26)10-16(12-19)23(27)28/h1-12H,13H2,(H,21,24)/b7-6+. The van der Waals surface area contributed by atoms with Crippen molar-refractivity contribution in [3.05, 3.63) is 98.5 Å². The molecule has 1 amide bonds. The van der Waals surface area contributed by atoms with Crippen LogP contribution in [0.5, 0.6) is 11.5 Å². The molecule has 0 fully saturated rings. The summed E-state index contributed by atoms with van der Waals surface area (Å²) in [7, 11) is 0. The quantitative estimate of drug-likeness (QED) is 0.334. The molecule has 3 aromatic rings. The molecular formula is C20H15N3O7. The molecule has 0 aliphatic rings. The van der Waals surface area contributed by atoms with Gasteiger partial charge in [-0.2, -0.15) is 0 Å². The summed E-state index contributed by atoms with van der Waals surface area (Å²) in [5.41, 5.74) is -0.285. The van der Waals surface area contributed by atoms with Crippen LogP contribution in [0.2, 0.25) is 0 Å². The fraction of sp³-hybridized carbons (Fsp3) is 0.0500. The Bertz CT molecular complexity index is 1080. The Labute approximate surface area is 169 Å². The van der Waals surface area contributed by atoms with Gasteiger partial charge in [-0.25, -0.2) is 0 Å². The molecule has 2 aromatic carbocycles. The number of rotatable bonds is 8. The van der Waals surface area contributed by atoms with Gasteiger partial charge in [-0.05, 0) is 35.9 Å². The number of nitro benzene ring substituents is 2. The lowest BCUT2D eigenvalue weighted by atomic mass is 10.2. The van der Waals surface area contributed by atoms with Crippen LogP contribution in [-0.4, -0.2) is 15.8 Å². The minimum atomic E-state index is -0.736. The number of ether oxygens (including phenoxy) is 1. The van der Waals surface area contributed by atoms with Gasteiger partial charge in [0.05, 0.1) is 40.9 Å². The number of nitrogens with one attached hydrogen (secondary N) is 1. The van der Waals surface area contributed by atoms with Gasteiger partial charge in [0.15, 0.2) is 0 Å². The highest BCUT2D eigenvalue weighted by Gasteiger charge is 2.17. The highest BCUT2D eigenvalue weighted by atomic mass is 16.6. The molecule has 1 aromatic heterocycles. The minimum absolute atomic E-state index is 0.0479. The molecule has 30 heavy (non-hydrogen) atoms. The van der Waals surface area contributed by atoms with Gasteiger partial charge in [-0.3, -0.25) is 25.0 Å². The summed E-state index contributed by atoms with van der Waals surface area (Å²) in [4.78, 5) is 32.4. The molecule has 10 heteroatoms. The molecule has 0 saturated heterocycles. The third kappa shape index (κ3) is 5.52. The van der Waals surface area contributed by atoms with Crippen LogP contribution >= 0.6 is 0 Å². The van der Waals surface area contributed by atoms with E-state index in [1.807, 2.05) is 0 Å². The van der Waals surface area contributed by atoms with E-state index >= 15 is 0 Å². The summed E-state index contributed by atoms with van der Waals surface area (Å²) in [5, 5.41) is 24.6. The molecular weight excluding hydrogens is 394 g/mol. The maximum Gasteiger partial charge on any atom is 0.280 e. The zero-order valence-corrected chi connectivity index (χ0v) is 15.4. The van der Waals surface area contributed by atoms with Gasteiger partial charge in [0.2, 0.25) is 5.91 Å². The van der Waals surface area contributed by atoms with Crippen molar-refractivity contribution in [2.45, 2.75) is 6.54 Å². The SMILES string of the molecule is O=C(/C=C/c1cccc(Oc2cc([N+](=O)[O-])cc([N+](=O)[O-])c2)c1)NCc1ccco1. The molecule has 0 spiro atoms. The summed E-state index contributed by atoms with van der Waals surface area (Å²) in [6.45, 7) is 0.255. The van der Waals surface area contributed by atoms with E-state index in [-0.39, 0.29) is 18.2 Å². The predicted octanol–water partition coefficient (Wildman–Crippen LogP) is 4.22. The summed E-state index contributed by atoms with van der Waals surface area (Å²) in [5.74, 6) is 0.543. The Morgan fingerprint density at radius 1 is 1.00 bits per heavy atom. The van der Waals surface area contributed by atoms with Crippen LogP contribution in [0.3, 0.4) is 0 Å². The lowest BCUT2D eigenvalue weighted by molar-refractivity contribution is -0.394. The van der Waals surface area contributed by atoms with Gasteiger partial charge in [0, 0.05) is 6.08 Å². The number of carbonyl (C=O) groups is 1. The highest BCUT2D eigenvalue weighted by molar-refractivity contribution is 5.91. The smallest absolute Gasteiger partial charge is 0.280 e. The van der Waals surface area contributed by atoms with E-state index < -0.39 is 21.2 Å². The van der Waals surface area contributed by atoms with Crippen molar-refractivity contribution in [1.82, 2.24) is 5.32 Å². The van der Waals surface area contributed by atoms with Crippen molar-refractivity contribution in [3.63, 3.8) is 0 Å². The first-order valence-electron chi connectivity index (χ1n) is 8.61. The average Bonchev–Trinajstić information content (AvgIpc) is 3.24. The number of amides is 1. The first-order valence-corrected chi connectivity index (χ1v) is 8.61. The number of hydrogen-bond donors (Lipinski definition) is 1. The second-order valence-electron chi connectivity index (χ2n) is 6.00. The third-order valence-electron chi connectivity index (χ3n) is 3.84. The zero-order valence-electron chi connectivity index (χ0n) is 15.4. The van der Waals surface area contributed by atoms with E-state index in [0.29, 0.717) is 17.1 Å². The summed E-state index contributed by atoms with van der Waals surface area (Å²) >= 11 is 0. The van der Waals surface area contributed by atoms with Gasteiger partial charge in [-0.1, -0.05) is 12.1 Å². The van der Waals surface area contributed by atoms with Gasteiger partial charge in [0.1, 0.15) is 17.3 Å². The average molecular weight is 409 g/mol. The Kier molecular flexibility index (Phi) is 6.18. The number of hydrogen-bond acceptors (Lipinski definition) is 7. The number of carbonyl (C=O) groups excluding carboxylic acids is 1. The number of benzene rings is 2. The van der Waals surface area contributed by atoms with Crippen molar-refractivity contribution in [2.75, 3.05) is 0 Å². The molecule has 0 aliphatic heterocycles. The third-order valence-corrected chi connectivity index (χ3v) is 3.84. The van der Waals surface area contributed by atoms with Crippen LogP contribution in [0, 0.1) is 20.2 Å². The Balaban J connectivity index is 1.70. The van der Waals surface area contributed by atoms with E-state index in [9.17, 15) is 25.0 Å². The summed E-state index contributed by atoms with van der Waals surface area (Å²) in [6.07, 6.45) is 4.40. The van der Waals surface area contributed by atoms with Gasteiger partial charge >= 0.3 is 0 Å². The minimum Gasteiger partial charge on any atom is -0.467 e. The molecule has 0 radical (unpaired) electrons. The Morgan fingerprint density at radius 2 is 1.73 bits per heavy atom. The fourth-order valence-electron chi connectivity index (χ4n) is 2.47. The highest BCUT2D eigenvalue weighted by Crippen LogP contribution is 2.31. The Morgan fingerprint density at radius 3 is 2.37 bits per heavy atom. The Hall–Kier alpha value is -4.47. The first-order chi connectivity index (χ1) is 14.4. The van der Waals surface area contributed by atoms with E-state index in [4.69, 9.17) is 9.15 Å². The molecule has 1 heterocycles. The van der Waals surface area contributed by atoms with Crippen molar-refractivity contribution in [3.8, 4) is 11.5 Å². The molecule has 0 unspecified atom stereocenters. The van der Waals surface area contributed by atoms with E-state index in [0.717, 1.165) is 18.2 Å². The summed E-state index contributed by atoms with van der Waals surface area (Å²) in [6, 6.07) is 13.0. The normalized spacial score (nSPS) is 10.7. The van der Waals surface area contributed by atoms with Crippen LogP contribution in [0.4, 0.5) is 11.4 Å². The monoisotopic (exact) mass is 409 g/mol. The number of non-ortho nitro benzene ring substituents is 2. The van der Waals surface area contributed by atoms with Gasteiger partial charge < -0.3 is 14.5 Å². The molecule has 0 saturated carbocycles. The van der Waals surface area contributed by atoms with Crippen LogP contribution < -0.4 is 10.1 Å². The molecule has 10 nitrogen and oxygen atoms in total. The van der Waals surface area contributed by atoms with Crippen molar-refractivity contribution in [1.29, 1.82) is 0 Å². The molecule has 0 atom stereocenters. The van der Waals surface area contributed by atoms with Gasteiger partial charge in [0.25, 0.3) is 11.4 Å².